The summed E-state index contributed by atoms with van der Waals surface area (Å²) < 4.78 is 5.59. The first-order valence-electron chi connectivity index (χ1n) is 10.8. The van der Waals surface area contributed by atoms with E-state index in [2.05, 4.69) is 20.8 Å². The third kappa shape index (κ3) is 3.82. The maximum atomic E-state index is 13.3. The highest BCUT2D eigenvalue weighted by atomic mass is 16.3. The normalized spacial score (nSPS) is 18.2. The van der Waals surface area contributed by atoms with E-state index in [0.29, 0.717) is 11.3 Å². The first-order chi connectivity index (χ1) is 15.5. The summed E-state index contributed by atoms with van der Waals surface area (Å²) >= 11 is 0. The van der Waals surface area contributed by atoms with Crippen molar-refractivity contribution in [3.63, 3.8) is 0 Å². The second kappa shape index (κ2) is 7.96. The molecule has 2 heterocycles. The van der Waals surface area contributed by atoms with Gasteiger partial charge in [0.15, 0.2) is 0 Å². The van der Waals surface area contributed by atoms with Crippen LogP contribution in [0.5, 0.6) is 5.75 Å². The fraction of sp³-hybridized carbons (Fsp3) is 0.259. The number of aliphatic hydroxyl groups is 1. The minimum atomic E-state index is -1.02. The lowest BCUT2D eigenvalue weighted by Gasteiger charge is -2.25. The van der Waals surface area contributed by atoms with Gasteiger partial charge in [-0.2, -0.15) is 0 Å². The molecule has 170 valence electrons. The molecule has 3 aromatic rings. The van der Waals surface area contributed by atoms with E-state index in [9.17, 15) is 19.8 Å². The number of hydrogen-bond acceptors (Lipinski definition) is 5. The van der Waals surface area contributed by atoms with E-state index in [4.69, 9.17) is 4.42 Å². The zero-order chi connectivity index (χ0) is 24.1. The molecule has 4 rings (SSSR count). The molecule has 1 aromatic heterocycles. The number of carbonyl (C=O) groups is 2. The van der Waals surface area contributed by atoms with Gasteiger partial charge >= 0.3 is 0 Å². The van der Waals surface area contributed by atoms with Crippen molar-refractivity contribution in [2.45, 2.75) is 46.1 Å². The summed E-state index contributed by atoms with van der Waals surface area (Å²) in [6.07, 6.45) is 1.44. The van der Waals surface area contributed by atoms with Gasteiger partial charge in [0.25, 0.3) is 11.7 Å². The predicted molar refractivity (Wildman–Crippen MR) is 126 cm³/mol. The molecule has 1 unspecified atom stereocenters. The highest BCUT2D eigenvalue weighted by Crippen LogP contribution is 2.45. The fourth-order valence-electron chi connectivity index (χ4n) is 4.11. The third-order valence-corrected chi connectivity index (χ3v) is 6.01. The van der Waals surface area contributed by atoms with E-state index >= 15 is 0 Å². The van der Waals surface area contributed by atoms with Crippen LogP contribution < -0.4 is 4.90 Å². The standard InChI is InChI=1S/C27H27NO5/c1-15-8-11-20(29)19(13-15)28-23(21-7-6-12-33-21)22(25(31)26(28)32)24(30)18-14-17(27(3,4)5)10-9-16(18)2/h6-14,23,29-30H,1-5H3/b24-22+. The molecular formula is C27H27NO5. The second-order valence-corrected chi connectivity index (χ2v) is 9.46. The van der Waals surface area contributed by atoms with Crippen molar-refractivity contribution in [1.29, 1.82) is 0 Å². The Morgan fingerprint density at radius 1 is 1.03 bits per heavy atom. The van der Waals surface area contributed by atoms with Crippen LogP contribution in [0, 0.1) is 13.8 Å². The average Bonchev–Trinajstić information content (AvgIpc) is 3.36. The lowest BCUT2D eigenvalue weighted by molar-refractivity contribution is -0.132. The number of Topliss-reactive ketones (excluding diaryl/α,β-unsaturated/α-hetero) is 1. The maximum absolute atomic E-state index is 13.3. The first kappa shape index (κ1) is 22.4. The topological polar surface area (TPSA) is 91.0 Å². The van der Waals surface area contributed by atoms with E-state index in [1.165, 1.54) is 17.2 Å². The van der Waals surface area contributed by atoms with Crippen LogP contribution in [0.2, 0.25) is 0 Å². The second-order valence-electron chi connectivity index (χ2n) is 9.46. The molecule has 33 heavy (non-hydrogen) atoms. The fourth-order valence-corrected chi connectivity index (χ4v) is 4.11. The molecule has 6 nitrogen and oxygen atoms in total. The molecule has 1 aliphatic heterocycles. The number of anilines is 1. The van der Waals surface area contributed by atoms with Crippen molar-refractivity contribution < 1.29 is 24.2 Å². The predicted octanol–water partition coefficient (Wildman–Crippen LogP) is 5.53. The van der Waals surface area contributed by atoms with Crippen molar-refractivity contribution in [3.8, 4) is 5.75 Å². The van der Waals surface area contributed by atoms with E-state index < -0.39 is 17.7 Å². The van der Waals surface area contributed by atoms with Crippen LogP contribution in [-0.2, 0) is 15.0 Å². The number of aromatic hydroxyl groups is 1. The van der Waals surface area contributed by atoms with Crippen molar-refractivity contribution in [2.75, 3.05) is 4.90 Å². The van der Waals surface area contributed by atoms with Crippen LogP contribution >= 0.6 is 0 Å². The number of benzene rings is 2. The van der Waals surface area contributed by atoms with Gasteiger partial charge in [-0.1, -0.05) is 39.0 Å². The smallest absolute Gasteiger partial charge is 0.300 e. The maximum Gasteiger partial charge on any atom is 0.300 e. The van der Waals surface area contributed by atoms with Crippen molar-refractivity contribution in [3.05, 3.63) is 88.4 Å². The lowest BCUT2D eigenvalue weighted by Crippen LogP contribution is -2.29. The first-order valence-corrected chi connectivity index (χ1v) is 10.8. The number of aryl methyl sites for hydroxylation is 2. The number of phenolic OH excluding ortho intramolecular Hbond substituents is 1. The van der Waals surface area contributed by atoms with Gasteiger partial charge in [-0.3, -0.25) is 14.5 Å². The van der Waals surface area contributed by atoms with Crippen molar-refractivity contribution in [1.82, 2.24) is 0 Å². The molecule has 6 heteroatoms. The van der Waals surface area contributed by atoms with Gasteiger partial charge in [0, 0.05) is 5.56 Å². The Labute approximate surface area is 192 Å². The molecule has 0 bridgehead atoms. The number of furan rings is 1. The summed E-state index contributed by atoms with van der Waals surface area (Å²) in [5, 5.41) is 21.9. The molecular weight excluding hydrogens is 418 g/mol. The average molecular weight is 446 g/mol. The van der Waals surface area contributed by atoms with Gasteiger partial charge < -0.3 is 14.6 Å². The summed E-state index contributed by atoms with van der Waals surface area (Å²) in [7, 11) is 0. The molecule has 1 amide bonds. The Bertz CT molecular complexity index is 1280. The molecule has 1 saturated heterocycles. The van der Waals surface area contributed by atoms with Gasteiger partial charge in [0.05, 0.1) is 17.5 Å². The third-order valence-electron chi connectivity index (χ3n) is 6.01. The number of phenols is 1. The highest BCUT2D eigenvalue weighted by Gasteiger charge is 2.49. The molecule has 0 aliphatic carbocycles. The Morgan fingerprint density at radius 2 is 1.76 bits per heavy atom. The Hall–Kier alpha value is -3.80. The number of aliphatic hydroxyl groups excluding tert-OH is 1. The number of ketones is 1. The Morgan fingerprint density at radius 3 is 2.39 bits per heavy atom. The van der Waals surface area contributed by atoms with Crippen LogP contribution in [0.4, 0.5) is 5.69 Å². The van der Waals surface area contributed by atoms with Gasteiger partial charge in [-0.15, -0.1) is 0 Å². The van der Waals surface area contributed by atoms with E-state index in [1.54, 1.807) is 24.3 Å². The van der Waals surface area contributed by atoms with Crippen LogP contribution in [0.3, 0.4) is 0 Å². The summed E-state index contributed by atoms with van der Waals surface area (Å²) in [5.74, 6) is -1.79. The number of rotatable bonds is 3. The Kier molecular flexibility index (Phi) is 5.40. The summed E-state index contributed by atoms with van der Waals surface area (Å²) in [4.78, 5) is 27.7. The molecule has 1 aliphatic rings. The summed E-state index contributed by atoms with van der Waals surface area (Å²) in [5.41, 5.74) is 2.95. The van der Waals surface area contributed by atoms with Crippen LogP contribution in [0.15, 0.2) is 64.8 Å². The minimum Gasteiger partial charge on any atom is -0.507 e. The minimum absolute atomic E-state index is 0.0787. The molecule has 1 atom stereocenters. The molecule has 2 N–H and O–H groups in total. The molecule has 0 saturated carbocycles. The largest absolute Gasteiger partial charge is 0.507 e. The van der Waals surface area contributed by atoms with Crippen molar-refractivity contribution in [2.24, 2.45) is 0 Å². The van der Waals surface area contributed by atoms with Crippen molar-refractivity contribution >= 4 is 23.1 Å². The number of hydrogen-bond donors (Lipinski definition) is 2. The monoisotopic (exact) mass is 445 g/mol. The quantitative estimate of drug-likeness (QED) is 0.314. The zero-order valence-electron chi connectivity index (χ0n) is 19.3. The molecule has 1 fully saturated rings. The SMILES string of the molecule is Cc1ccc(O)c(N2C(=O)C(=O)/C(=C(/O)c3cc(C(C)(C)C)ccc3C)C2c2ccco2)c1. The van der Waals surface area contributed by atoms with E-state index in [-0.39, 0.29) is 28.2 Å². The summed E-state index contributed by atoms with van der Waals surface area (Å²) in [6.45, 7) is 9.84. The Balaban J connectivity index is 1.98. The van der Waals surface area contributed by atoms with E-state index in [1.807, 2.05) is 32.0 Å². The van der Waals surface area contributed by atoms with Gasteiger partial charge in [0.2, 0.25) is 0 Å². The zero-order valence-corrected chi connectivity index (χ0v) is 19.3. The number of carbonyl (C=O) groups excluding carboxylic acids is 2. The van der Waals surface area contributed by atoms with Gasteiger partial charge in [0.1, 0.15) is 23.3 Å². The van der Waals surface area contributed by atoms with Crippen LogP contribution in [-0.4, -0.2) is 21.9 Å². The van der Waals surface area contributed by atoms with E-state index in [0.717, 1.165) is 16.7 Å². The molecule has 0 radical (unpaired) electrons. The number of amides is 1. The van der Waals surface area contributed by atoms with Crippen LogP contribution in [0.25, 0.3) is 5.76 Å². The molecule has 2 aromatic carbocycles. The summed E-state index contributed by atoms with van der Waals surface area (Å²) in [6, 6.07) is 12.8. The van der Waals surface area contributed by atoms with Gasteiger partial charge in [-0.25, -0.2) is 0 Å². The highest BCUT2D eigenvalue weighted by molar-refractivity contribution is 6.51. The molecule has 0 spiro atoms. The van der Waals surface area contributed by atoms with Gasteiger partial charge in [-0.05, 0) is 66.3 Å². The lowest BCUT2D eigenvalue weighted by atomic mass is 9.84. The van der Waals surface area contributed by atoms with Crippen LogP contribution in [0.1, 0.15) is 54.8 Å². The number of nitrogens with zero attached hydrogens (tertiary/aromatic N) is 1.